The van der Waals surface area contributed by atoms with Crippen LogP contribution in [0.2, 0.25) is 0 Å². The lowest BCUT2D eigenvalue weighted by atomic mass is 10.1. The van der Waals surface area contributed by atoms with Crippen molar-refractivity contribution in [3.05, 3.63) is 41.2 Å². The maximum atomic E-state index is 11.6. The molecule has 0 saturated carbocycles. The Labute approximate surface area is 133 Å². The molecule has 0 aliphatic rings. The number of ether oxygens (including phenoxy) is 2. The van der Waals surface area contributed by atoms with E-state index in [1.165, 1.54) is 0 Å². The van der Waals surface area contributed by atoms with Crippen molar-refractivity contribution in [2.75, 3.05) is 18.5 Å². The van der Waals surface area contributed by atoms with Crippen LogP contribution in [-0.2, 0) is 14.3 Å². The minimum absolute atomic E-state index is 0.265. The van der Waals surface area contributed by atoms with E-state index in [1.54, 1.807) is 13.0 Å². The second-order valence-electron chi connectivity index (χ2n) is 5.14. The first-order chi connectivity index (χ1) is 10.9. The van der Waals surface area contributed by atoms with E-state index in [1.807, 2.05) is 32.0 Å². The number of benzene rings is 1. The van der Waals surface area contributed by atoms with Crippen LogP contribution in [-0.4, -0.2) is 30.2 Å². The second-order valence-corrected chi connectivity index (χ2v) is 5.14. The molecule has 0 unspecified atom stereocenters. The monoisotopic (exact) mass is 318 g/mol. The number of anilines is 1. The minimum atomic E-state index is -0.629. The van der Waals surface area contributed by atoms with Gasteiger partial charge in [0, 0.05) is 6.07 Å². The number of amides is 1. The largest absolute Gasteiger partial charge is 0.482 e. The Morgan fingerprint density at radius 1 is 1.09 bits per heavy atom. The number of carbonyl (C=O) groups is 2. The molecule has 122 valence electrons. The molecule has 1 aromatic carbocycles. The molecule has 0 atom stereocenters. The van der Waals surface area contributed by atoms with Gasteiger partial charge >= 0.3 is 5.97 Å². The number of nitrogens with zero attached hydrogens (tertiary/aromatic N) is 1. The van der Waals surface area contributed by atoms with E-state index in [2.05, 4.69) is 10.5 Å². The average molecular weight is 318 g/mol. The lowest BCUT2D eigenvalue weighted by Crippen LogP contribution is -2.23. The van der Waals surface area contributed by atoms with Gasteiger partial charge in [0.25, 0.3) is 5.91 Å². The van der Waals surface area contributed by atoms with Crippen molar-refractivity contribution in [3.63, 3.8) is 0 Å². The van der Waals surface area contributed by atoms with Crippen molar-refractivity contribution in [3.8, 4) is 5.75 Å². The number of rotatable bonds is 6. The summed E-state index contributed by atoms with van der Waals surface area (Å²) in [4.78, 5) is 23.2. The normalized spacial score (nSPS) is 10.2. The summed E-state index contributed by atoms with van der Waals surface area (Å²) in [5.41, 5.74) is 2.08. The fourth-order valence-electron chi connectivity index (χ4n) is 1.95. The number of carbonyl (C=O) groups excluding carboxylic acids is 2. The third-order valence-electron chi connectivity index (χ3n) is 2.81. The average Bonchev–Trinajstić information content (AvgIpc) is 2.87. The highest BCUT2D eigenvalue weighted by Crippen LogP contribution is 2.16. The summed E-state index contributed by atoms with van der Waals surface area (Å²) < 4.78 is 15.0. The predicted molar refractivity (Wildman–Crippen MR) is 82.2 cm³/mol. The molecule has 0 radical (unpaired) electrons. The van der Waals surface area contributed by atoms with Gasteiger partial charge < -0.3 is 19.3 Å². The van der Waals surface area contributed by atoms with Gasteiger partial charge in [-0.3, -0.25) is 4.79 Å². The molecule has 1 aromatic heterocycles. The molecule has 0 fully saturated rings. The Kier molecular flexibility index (Phi) is 5.35. The van der Waals surface area contributed by atoms with Gasteiger partial charge in [0.1, 0.15) is 11.5 Å². The SMILES string of the molecule is Cc1cc(C)cc(OCC(=O)OCC(=O)Nc2cc(C)on2)c1. The highest BCUT2D eigenvalue weighted by molar-refractivity contribution is 5.91. The Bertz CT molecular complexity index is 688. The van der Waals surface area contributed by atoms with Crippen molar-refractivity contribution in [2.24, 2.45) is 0 Å². The molecular weight excluding hydrogens is 300 g/mol. The van der Waals surface area contributed by atoms with Gasteiger partial charge in [-0.15, -0.1) is 0 Å². The summed E-state index contributed by atoms with van der Waals surface area (Å²) in [6, 6.07) is 7.20. The van der Waals surface area contributed by atoms with E-state index in [0.717, 1.165) is 11.1 Å². The van der Waals surface area contributed by atoms with Crippen LogP contribution < -0.4 is 10.1 Å². The zero-order chi connectivity index (χ0) is 16.8. The van der Waals surface area contributed by atoms with Crippen LogP contribution in [0.4, 0.5) is 5.82 Å². The molecular formula is C16H18N2O5. The molecule has 1 heterocycles. The van der Waals surface area contributed by atoms with Crippen LogP contribution in [0.5, 0.6) is 5.75 Å². The smallest absolute Gasteiger partial charge is 0.344 e. The lowest BCUT2D eigenvalue weighted by Gasteiger charge is -2.08. The summed E-state index contributed by atoms with van der Waals surface area (Å²) in [6.07, 6.45) is 0. The quantitative estimate of drug-likeness (QED) is 0.821. The van der Waals surface area contributed by atoms with Gasteiger partial charge in [-0.2, -0.15) is 0 Å². The van der Waals surface area contributed by atoms with Crippen LogP contribution in [0.3, 0.4) is 0 Å². The van der Waals surface area contributed by atoms with Crippen LogP contribution in [0, 0.1) is 20.8 Å². The summed E-state index contributed by atoms with van der Waals surface area (Å²) in [5, 5.41) is 6.05. The van der Waals surface area contributed by atoms with Crippen molar-refractivity contribution < 1.29 is 23.6 Å². The third-order valence-corrected chi connectivity index (χ3v) is 2.81. The highest BCUT2D eigenvalue weighted by Gasteiger charge is 2.10. The van der Waals surface area contributed by atoms with E-state index >= 15 is 0 Å². The molecule has 0 spiro atoms. The standard InChI is InChI=1S/C16H18N2O5/c1-10-4-11(2)6-13(5-10)21-9-16(20)22-8-15(19)17-14-7-12(3)23-18-14/h4-7H,8-9H2,1-3H3,(H,17,18,19). The van der Waals surface area contributed by atoms with Gasteiger partial charge in [-0.1, -0.05) is 11.2 Å². The van der Waals surface area contributed by atoms with Gasteiger partial charge in [-0.25, -0.2) is 4.79 Å². The molecule has 7 heteroatoms. The fraction of sp³-hybridized carbons (Fsp3) is 0.312. The third kappa shape index (κ3) is 5.46. The van der Waals surface area contributed by atoms with E-state index in [9.17, 15) is 9.59 Å². The summed E-state index contributed by atoms with van der Waals surface area (Å²) in [5.74, 6) is 0.296. The van der Waals surface area contributed by atoms with Gasteiger partial charge in [0.15, 0.2) is 19.0 Å². The Balaban J connectivity index is 1.73. The maximum absolute atomic E-state index is 11.6. The number of hydrogen-bond donors (Lipinski definition) is 1. The van der Waals surface area contributed by atoms with Crippen molar-refractivity contribution in [1.29, 1.82) is 0 Å². The number of aromatic nitrogens is 1. The van der Waals surface area contributed by atoms with Crippen LogP contribution in [0.15, 0.2) is 28.8 Å². The van der Waals surface area contributed by atoms with Crippen molar-refractivity contribution in [1.82, 2.24) is 5.16 Å². The summed E-state index contributed by atoms with van der Waals surface area (Å²) >= 11 is 0. The topological polar surface area (TPSA) is 90.7 Å². The number of nitrogens with one attached hydrogen (secondary N) is 1. The Morgan fingerprint density at radius 2 is 1.78 bits per heavy atom. The zero-order valence-electron chi connectivity index (χ0n) is 13.2. The molecule has 0 bridgehead atoms. The molecule has 7 nitrogen and oxygen atoms in total. The first-order valence-corrected chi connectivity index (χ1v) is 7.02. The fourth-order valence-corrected chi connectivity index (χ4v) is 1.95. The van der Waals surface area contributed by atoms with Gasteiger partial charge in [-0.05, 0) is 44.0 Å². The second kappa shape index (κ2) is 7.44. The van der Waals surface area contributed by atoms with Crippen molar-refractivity contribution in [2.45, 2.75) is 20.8 Å². The molecule has 2 rings (SSSR count). The van der Waals surface area contributed by atoms with Crippen LogP contribution in [0.25, 0.3) is 0 Å². The van der Waals surface area contributed by atoms with E-state index in [4.69, 9.17) is 14.0 Å². The highest BCUT2D eigenvalue weighted by atomic mass is 16.6. The summed E-state index contributed by atoms with van der Waals surface area (Å²) in [6.45, 7) is 4.90. The minimum Gasteiger partial charge on any atom is -0.482 e. The maximum Gasteiger partial charge on any atom is 0.344 e. The predicted octanol–water partition coefficient (Wildman–Crippen LogP) is 2.16. The molecule has 2 aromatic rings. The number of esters is 1. The van der Waals surface area contributed by atoms with E-state index in [0.29, 0.717) is 11.5 Å². The molecule has 0 aliphatic heterocycles. The molecule has 0 saturated heterocycles. The number of aryl methyl sites for hydroxylation is 3. The first kappa shape index (κ1) is 16.5. The van der Waals surface area contributed by atoms with Gasteiger partial charge in [0.05, 0.1) is 0 Å². The lowest BCUT2D eigenvalue weighted by molar-refractivity contribution is -0.149. The zero-order valence-corrected chi connectivity index (χ0v) is 13.2. The van der Waals surface area contributed by atoms with E-state index < -0.39 is 18.5 Å². The Hall–Kier alpha value is -2.83. The molecule has 0 aliphatic carbocycles. The van der Waals surface area contributed by atoms with Crippen LogP contribution >= 0.6 is 0 Å². The van der Waals surface area contributed by atoms with Crippen LogP contribution in [0.1, 0.15) is 16.9 Å². The van der Waals surface area contributed by atoms with Crippen molar-refractivity contribution >= 4 is 17.7 Å². The summed E-state index contributed by atoms with van der Waals surface area (Å²) in [7, 11) is 0. The first-order valence-electron chi connectivity index (χ1n) is 7.02. The Morgan fingerprint density at radius 3 is 2.39 bits per heavy atom. The molecule has 23 heavy (non-hydrogen) atoms. The molecule has 1 N–H and O–H groups in total. The van der Waals surface area contributed by atoms with E-state index in [-0.39, 0.29) is 12.4 Å². The number of hydrogen-bond acceptors (Lipinski definition) is 6. The molecule has 1 amide bonds. The van der Waals surface area contributed by atoms with Gasteiger partial charge in [0.2, 0.25) is 0 Å².